The van der Waals surface area contributed by atoms with Crippen LogP contribution in [0.15, 0.2) is 47.3 Å². The number of benzene rings is 2. The highest BCUT2D eigenvalue weighted by Crippen LogP contribution is 2.32. The second-order valence-corrected chi connectivity index (χ2v) is 7.86. The van der Waals surface area contributed by atoms with E-state index in [-0.39, 0.29) is 29.7 Å². The Kier molecular flexibility index (Phi) is 6.07. The SMILES string of the molecule is CC(C)C(NC(=O)Cc1n[nH]c(=O)c2ccccc12)C(=O)Nc1ccc2c(c1)OCCO2. The predicted octanol–water partition coefficient (Wildman–Crippen LogP) is 2.02. The lowest BCUT2D eigenvalue weighted by Gasteiger charge is -2.23. The highest BCUT2D eigenvalue weighted by molar-refractivity contribution is 5.98. The third-order valence-electron chi connectivity index (χ3n) is 5.18. The molecule has 3 N–H and O–H groups in total. The van der Waals surface area contributed by atoms with Crippen LogP contribution in [0.4, 0.5) is 5.69 Å². The summed E-state index contributed by atoms with van der Waals surface area (Å²) in [6.45, 7) is 4.63. The van der Waals surface area contributed by atoms with E-state index in [1.54, 1.807) is 42.5 Å². The van der Waals surface area contributed by atoms with E-state index >= 15 is 0 Å². The van der Waals surface area contributed by atoms with E-state index < -0.39 is 6.04 Å². The van der Waals surface area contributed by atoms with E-state index in [2.05, 4.69) is 20.8 Å². The third kappa shape index (κ3) is 4.56. The maximum atomic E-state index is 12.9. The van der Waals surface area contributed by atoms with Crippen molar-refractivity contribution in [2.75, 3.05) is 18.5 Å². The maximum Gasteiger partial charge on any atom is 0.272 e. The van der Waals surface area contributed by atoms with Gasteiger partial charge < -0.3 is 20.1 Å². The zero-order chi connectivity index (χ0) is 22.7. The Morgan fingerprint density at radius 2 is 1.78 bits per heavy atom. The van der Waals surface area contributed by atoms with Gasteiger partial charge in [0.1, 0.15) is 19.3 Å². The van der Waals surface area contributed by atoms with Crippen LogP contribution in [0.2, 0.25) is 0 Å². The Morgan fingerprint density at radius 3 is 2.53 bits per heavy atom. The molecule has 1 unspecified atom stereocenters. The number of rotatable bonds is 6. The molecule has 2 amide bonds. The molecule has 166 valence electrons. The molecule has 1 aliphatic heterocycles. The average molecular weight is 436 g/mol. The van der Waals surface area contributed by atoms with Gasteiger partial charge in [-0.1, -0.05) is 32.0 Å². The number of H-pyrrole nitrogens is 1. The minimum absolute atomic E-state index is 0.0716. The summed E-state index contributed by atoms with van der Waals surface area (Å²) < 4.78 is 11.0. The van der Waals surface area contributed by atoms with Crippen LogP contribution < -0.4 is 25.7 Å². The number of nitrogens with zero attached hydrogens (tertiary/aromatic N) is 1. The number of carbonyl (C=O) groups excluding carboxylic acids is 2. The molecule has 4 rings (SSSR count). The summed E-state index contributed by atoms with van der Waals surface area (Å²) in [6.07, 6.45) is -0.0716. The zero-order valence-electron chi connectivity index (χ0n) is 17.8. The Balaban J connectivity index is 1.46. The van der Waals surface area contributed by atoms with E-state index in [9.17, 15) is 14.4 Å². The van der Waals surface area contributed by atoms with Crippen molar-refractivity contribution in [1.82, 2.24) is 15.5 Å². The number of aromatic amines is 1. The number of fused-ring (bicyclic) bond motifs is 2. The molecule has 32 heavy (non-hydrogen) atoms. The molecule has 3 aromatic rings. The molecular formula is C23H24N4O5. The molecule has 0 radical (unpaired) electrons. The Hall–Kier alpha value is -3.88. The molecule has 2 aromatic carbocycles. The molecule has 0 saturated heterocycles. The Morgan fingerprint density at radius 1 is 1.06 bits per heavy atom. The third-order valence-corrected chi connectivity index (χ3v) is 5.18. The number of carbonyl (C=O) groups is 2. The molecule has 1 atom stereocenters. The number of amides is 2. The first-order valence-corrected chi connectivity index (χ1v) is 10.4. The second-order valence-electron chi connectivity index (χ2n) is 7.86. The van der Waals surface area contributed by atoms with Crippen molar-refractivity contribution < 1.29 is 19.1 Å². The van der Waals surface area contributed by atoms with Crippen molar-refractivity contribution in [1.29, 1.82) is 0 Å². The van der Waals surface area contributed by atoms with Crippen molar-refractivity contribution in [3.63, 3.8) is 0 Å². The van der Waals surface area contributed by atoms with Crippen LogP contribution in [0.1, 0.15) is 19.5 Å². The first kappa shape index (κ1) is 21.4. The molecule has 1 aliphatic rings. The fourth-order valence-electron chi connectivity index (χ4n) is 3.56. The lowest BCUT2D eigenvalue weighted by atomic mass is 10.0. The van der Waals surface area contributed by atoms with Crippen molar-refractivity contribution in [2.24, 2.45) is 5.92 Å². The number of hydrogen-bond acceptors (Lipinski definition) is 6. The van der Waals surface area contributed by atoms with Crippen LogP contribution in [0, 0.1) is 5.92 Å². The molecule has 9 nitrogen and oxygen atoms in total. The van der Waals surface area contributed by atoms with Gasteiger partial charge in [-0.2, -0.15) is 5.10 Å². The fourth-order valence-corrected chi connectivity index (χ4v) is 3.56. The Bertz CT molecular complexity index is 1220. The number of hydrogen-bond donors (Lipinski definition) is 3. The quantitative estimate of drug-likeness (QED) is 0.543. The molecule has 0 fully saturated rings. The lowest BCUT2D eigenvalue weighted by molar-refractivity contribution is -0.127. The summed E-state index contributed by atoms with van der Waals surface area (Å²) in [7, 11) is 0. The highest BCUT2D eigenvalue weighted by atomic mass is 16.6. The van der Waals surface area contributed by atoms with Gasteiger partial charge in [-0.15, -0.1) is 0 Å². The van der Waals surface area contributed by atoms with Crippen molar-refractivity contribution in [2.45, 2.75) is 26.3 Å². The molecule has 0 saturated carbocycles. The predicted molar refractivity (Wildman–Crippen MR) is 119 cm³/mol. The van der Waals surface area contributed by atoms with Crippen LogP contribution in [-0.2, 0) is 16.0 Å². The minimum Gasteiger partial charge on any atom is -0.486 e. The van der Waals surface area contributed by atoms with Gasteiger partial charge in [0.25, 0.3) is 5.56 Å². The molecule has 0 spiro atoms. The molecule has 9 heteroatoms. The van der Waals surface area contributed by atoms with Gasteiger partial charge in [0.2, 0.25) is 11.8 Å². The fraction of sp³-hybridized carbons (Fsp3) is 0.304. The molecule has 1 aromatic heterocycles. The van der Waals surface area contributed by atoms with E-state index in [1.165, 1.54) is 0 Å². The first-order chi connectivity index (χ1) is 15.4. The van der Waals surface area contributed by atoms with Gasteiger partial charge in [-0.3, -0.25) is 14.4 Å². The summed E-state index contributed by atoms with van der Waals surface area (Å²) in [5.41, 5.74) is 0.670. The van der Waals surface area contributed by atoms with Crippen molar-refractivity contribution >= 4 is 28.3 Å². The number of anilines is 1. The maximum absolute atomic E-state index is 12.9. The standard InChI is InChI=1S/C23H24N4O5/c1-13(2)21(23(30)24-14-7-8-18-19(11-14)32-10-9-31-18)25-20(28)12-17-15-5-3-4-6-16(15)22(29)27-26-17/h3-8,11,13,21H,9-10,12H2,1-2H3,(H,24,30)(H,25,28)(H,27,29). The zero-order valence-corrected chi connectivity index (χ0v) is 17.8. The van der Waals surface area contributed by atoms with Gasteiger partial charge in [0.05, 0.1) is 17.5 Å². The molecule has 0 aliphatic carbocycles. The van der Waals surface area contributed by atoms with Gasteiger partial charge in [0, 0.05) is 17.1 Å². The lowest BCUT2D eigenvalue weighted by Crippen LogP contribution is -2.47. The van der Waals surface area contributed by atoms with Crippen LogP contribution in [-0.4, -0.2) is 41.3 Å². The first-order valence-electron chi connectivity index (χ1n) is 10.4. The summed E-state index contributed by atoms with van der Waals surface area (Å²) in [6, 6.07) is 11.3. The average Bonchev–Trinajstić information content (AvgIpc) is 2.79. The van der Waals surface area contributed by atoms with Crippen molar-refractivity contribution in [3.05, 3.63) is 58.5 Å². The van der Waals surface area contributed by atoms with Gasteiger partial charge >= 0.3 is 0 Å². The monoisotopic (exact) mass is 436 g/mol. The van der Waals surface area contributed by atoms with Gasteiger partial charge in [-0.05, 0) is 24.1 Å². The van der Waals surface area contributed by atoms with E-state index in [1.807, 2.05) is 13.8 Å². The number of ether oxygens (including phenoxy) is 2. The van der Waals surface area contributed by atoms with Crippen molar-refractivity contribution in [3.8, 4) is 11.5 Å². The highest BCUT2D eigenvalue weighted by Gasteiger charge is 2.25. The largest absolute Gasteiger partial charge is 0.486 e. The number of aromatic nitrogens is 2. The smallest absolute Gasteiger partial charge is 0.272 e. The topological polar surface area (TPSA) is 122 Å². The summed E-state index contributed by atoms with van der Waals surface area (Å²) in [5.74, 6) is 0.324. The van der Waals surface area contributed by atoms with Crippen LogP contribution in [0.3, 0.4) is 0 Å². The summed E-state index contributed by atoms with van der Waals surface area (Å²) in [4.78, 5) is 37.6. The minimum atomic E-state index is -0.760. The van der Waals surface area contributed by atoms with Gasteiger partial charge in [-0.25, -0.2) is 5.10 Å². The summed E-state index contributed by atoms with van der Waals surface area (Å²) >= 11 is 0. The number of nitrogens with one attached hydrogen (secondary N) is 3. The van der Waals surface area contributed by atoms with Crippen LogP contribution >= 0.6 is 0 Å². The molecular weight excluding hydrogens is 412 g/mol. The van der Waals surface area contributed by atoms with E-state index in [4.69, 9.17) is 9.47 Å². The molecule has 2 heterocycles. The van der Waals surface area contributed by atoms with Gasteiger partial charge in [0.15, 0.2) is 11.5 Å². The second kappa shape index (κ2) is 9.09. The van der Waals surface area contributed by atoms with Crippen LogP contribution in [0.5, 0.6) is 11.5 Å². The van der Waals surface area contributed by atoms with E-state index in [0.717, 1.165) is 0 Å². The normalized spacial score (nSPS) is 13.6. The summed E-state index contributed by atoms with van der Waals surface area (Å²) in [5, 5.41) is 13.1. The van der Waals surface area contributed by atoms with Crippen LogP contribution in [0.25, 0.3) is 10.8 Å². The molecule has 0 bridgehead atoms. The Labute approximate surface area is 184 Å². The van der Waals surface area contributed by atoms with E-state index in [0.29, 0.717) is 46.9 Å².